The number of aromatic nitrogens is 6. The number of rotatable bonds is 13. The molecule has 0 bridgehead atoms. The Hall–Kier alpha value is -5.46. The van der Waals surface area contributed by atoms with E-state index in [0.717, 1.165) is 55.9 Å². The summed E-state index contributed by atoms with van der Waals surface area (Å²) in [7, 11) is 1.53. The normalized spacial score (nSPS) is 21.1. The third kappa shape index (κ3) is 10.9. The van der Waals surface area contributed by atoms with Crippen LogP contribution in [0, 0.1) is 17.8 Å². The summed E-state index contributed by atoms with van der Waals surface area (Å²) in [5.41, 5.74) is -0.390. The number of nitrogens with one attached hydrogen (secondary N) is 2. The number of carbonyl (C=O) groups excluding carboxylic acids is 2. The fourth-order valence-corrected chi connectivity index (χ4v) is 8.46. The number of hydrogen-bond donors (Lipinski definition) is 2. The van der Waals surface area contributed by atoms with E-state index >= 15 is 0 Å². The Morgan fingerprint density at radius 2 is 1.32 bits per heavy atom. The predicted molar refractivity (Wildman–Crippen MR) is 217 cm³/mol. The molecular weight excluding hydrogens is 819 g/mol. The maximum Gasteiger partial charge on any atom is 0.416 e. The molecule has 13 nitrogen and oxygen atoms in total. The summed E-state index contributed by atoms with van der Waals surface area (Å²) in [4.78, 5) is 57.8. The topological polar surface area (TPSA) is 151 Å². The first-order valence-electron chi connectivity index (χ1n) is 20.9. The number of piperidine rings is 2. The lowest BCUT2D eigenvalue weighted by Crippen LogP contribution is -2.44. The average Bonchev–Trinajstić information content (AvgIpc) is 4.03. The summed E-state index contributed by atoms with van der Waals surface area (Å²) < 4.78 is 86.8. The maximum atomic E-state index is 14.5. The van der Waals surface area contributed by atoms with Crippen molar-refractivity contribution >= 4 is 35.1 Å². The quantitative estimate of drug-likeness (QED) is 0.125. The molecule has 5 unspecified atom stereocenters. The molecule has 62 heavy (non-hydrogen) atoms. The van der Waals surface area contributed by atoms with Crippen LogP contribution in [0.2, 0.25) is 0 Å². The summed E-state index contributed by atoms with van der Waals surface area (Å²) in [6.07, 6.45) is -2.92. The largest absolute Gasteiger partial charge is 0.416 e. The van der Waals surface area contributed by atoms with E-state index in [4.69, 9.17) is 19.7 Å². The smallest absolute Gasteiger partial charge is 0.384 e. The van der Waals surface area contributed by atoms with Crippen molar-refractivity contribution in [1.82, 2.24) is 39.7 Å². The van der Waals surface area contributed by atoms with Crippen molar-refractivity contribution in [2.75, 3.05) is 50.5 Å². The number of halogens is 6. The van der Waals surface area contributed by atoms with E-state index in [9.17, 15) is 35.9 Å². The van der Waals surface area contributed by atoms with Gasteiger partial charge in [-0.3, -0.25) is 9.59 Å². The van der Waals surface area contributed by atoms with E-state index in [1.807, 2.05) is 18.7 Å². The summed E-state index contributed by atoms with van der Waals surface area (Å²) in [5.74, 6) is 0.217. The van der Waals surface area contributed by atoms with E-state index in [2.05, 4.69) is 25.6 Å². The molecule has 7 rings (SSSR count). The molecule has 2 N–H and O–H groups in total. The molecule has 2 amide bonds. The Morgan fingerprint density at radius 3 is 1.87 bits per heavy atom. The van der Waals surface area contributed by atoms with Gasteiger partial charge in [0, 0.05) is 88.9 Å². The second-order valence-electron chi connectivity index (χ2n) is 16.8. The van der Waals surface area contributed by atoms with E-state index in [1.165, 1.54) is 14.0 Å². The van der Waals surface area contributed by atoms with Crippen molar-refractivity contribution in [3.05, 3.63) is 83.0 Å². The van der Waals surface area contributed by atoms with Crippen LogP contribution < -0.4 is 10.6 Å². The minimum atomic E-state index is -4.57. The number of alkyl halides is 6. The number of likely N-dealkylation sites (tertiary alicyclic amines) is 2. The number of amides is 2. The van der Waals surface area contributed by atoms with Crippen molar-refractivity contribution in [2.45, 2.75) is 89.4 Å². The molecular formula is C43H50F6N10O3. The second-order valence-corrected chi connectivity index (χ2v) is 16.8. The Labute approximate surface area is 355 Å². The zero-order valence-corrected chi connectivity index (χ0v) is 34.9. The van der Waals surface area contributed by atoms with Crippen LogP contribution in [-0.2, 0) is 33.1 Å². The molecule has 2 saturated heterocycles. The number of methoxy groups -OCH3 is 1. The SMILES string of the molecule is COCC(C(=O)N1CCCC(c2cc(Nc3cc(C(F)(F)F)ccn3)nc(CC(C)C)n2)C1)C1CC1c1nc(Nc2cc(C(F)(F)F)ccn2)cc(C2CCCN(C(C)=O)C2)n1. The van der Waals surface area contributed by atoms with Gasteiger partial charge in [0.1, 0.15) is 34.9 Å². The van der Waals surface area contributed by atoms with Gasteiger partial charge in [-0.05, 0) is 68.2 Å². The molecule has 1 aliphatic carbocycles. The minimum absolute atomic E-state index is 0.0108. The van der Waals surface area contributed by atoms with Gasteiger partial charge < -0.3 is 25.2 Å². The number of anilines is 4. The van der Waals surface area contributed by atoms with Crippen molar-refractivity contribution < 1.29 is 40.7 Å². The second kappa shape index (κ2) is 18.5. The molecule has 0 aromatic carbocycles. The fourth-order valence-electron chi connectivity index (χ4n) is 8.46. The van der Waals surface area contributed by atoms with E-state index in [1.54, 1.807) is 17.0 Å². The van der Waals surface area contributed by atoms with E-state index in [0.29, 0.717) is 74.3 Å². The van der Waals surface area contributed by atoms with Crippen molar-refractivity contribution in [3.63, 3.8) is 0 Å². The molecule has 3 fully saturated rings. The lowest BCUT2D eigenvalue weighted by atomic mass is 9.92. The van der Waals surface area contributed by atoms with Gasteiger partial charge in [-0.2, -0.15) is 26.3 Å². The highest BCUT2D eigenvalue weighted by atomic mass is 19.4. The van der Waals surface area contributed by atoms with Crippen LogP contribution in [0.4, 0.5) is 49.6 Å². The zero-order valence-electron chi connectivity index (χ0n) is 34.9. The average molecular weight is 869 g/mol. The monoisotopic (exact) mass is 868 g/mol. The highest BCUT2D eigenvalue weighted by Gasteiger charge is 2.50. The van der Waals surface area contributed by atoms with E-state index in [-0.39, 0.29) is 65.5 Å². The van der Waals surface area contributed by atoms with Crippen LogP contribution in [0.15, 0.2) is 48.8 Å². The van der Waals surface area contributed by atoms with Crippen LogP contribution in [-0.4, -0.2) is 91.4 Å². The molecule has 3 aliphatic rings. The first kappa shape index (κ1) is 44.6. The lowest BCUT2D eigenvalue weighted by Gasteiger charge is -2.35. The number of hydrogen-bond acceptors (Lipinski definition) is 11. The van der Waals surface area contributed by atoms with Gasteiger partial charge in [0.25, 0.3) is 0 Å². The Balaban J connectivity index is 1.12. The number of nitrogens with zero attached hydrogens (tertiary/aromatic N) is 8. The van der Waals surface area contributed by atoms with Crippen molar-refractivity contribution in [3.8, 4) is 0 Å². The van der Waals surface area contributed by atoms with Crippen LogP contribution >= 0.6 is 0 Å². The molecule has 4 aromatic rings. The summed E-state index contributed by atoms with van der Waals surface area (Å²) in [6.45, 7) is 7.61. The van der Waals surface area contributed by atoms with Gasteiger partial charge in [-0.25, -0.2) is 29.9 Å². The first-order valence-corrected chi connectivity index (χ1v) is 20.9. The fraction of sp³-hybridized carbons (Fsp3) is 0.535. The molecule has 1 saturated carbocycles. The van der Waals surface area contributed by atoms with Gasteiger partial charge in [-0.1, -0.05) is 13.8 Å². The van der Waals surface area contributed by atoms with Gasteiger partial charge in [0.2, 0.25) is 11.8 Å². The van der Waals surface area contributed by atoms with Crippen molar-refractivity contribution in [1.29, 1.82) is 0 Å². The predicted octanol–water partition coefficient (Wildman–Crippen LogP) is 8.28. The first-order chi connectivity index (χ1) is 29.4. The van der Waals surface area contributed by atoms with Crippen molar-refractivity contribution in [2.24, 2.45) is 17.8 Å². The van der Waals surface area contributed by atoms with Crippen LogP contribution in [0.5, 0.6) is 0 Å². The molecule has 0 spiro atoms. The third-order valence-electron chi connectivity index (χ3n) is 11.6. The van der Waals surface area contributed by atoms with Crippen LogP contribution in [0.3, 0.4) is 0 Å². The van der Waals surface area contributed by atoms with Crippen LogP contribution in [0.25, 0.3) is 0 Å². The molecule has 6 heterocycles. The standard InChI is InChI=1S/C43H50F6N10O3/c1-24(2)15-37-52-33(19-38(56-37)54-35-16-28(9-11-50-35)42(44,45)46)27-8-6-14-59(22-27)41(61)32(23-62-4)30-18-31(30)40-53-34(26-7-5-13-58(21-26)25(3)60)20-39(57-40)55-36-17-29(10-12-51-36)43(47,48)49/h9-12,16-17,19-20,24,26-27,30-32H,5-8,13-15,18,21-23H2,1-4H3,(H,50,52,54,56)(H,51,53,55,57). The Morgan fingerprint density at radius 1 is 0.774 bits per heavy atom. The maximum absolute atomic E-state index is 14.5. The summed E-state index contributed by atoms with van der Waals surface area (Å²) in [5, 5.41) is 5.89. The molecule has 5 atom stereocenters. The zero-order chi connectivity index (χ0) is 44.3. The van der Waals surface area contributed by atoms with Gasteiger partial charge >= 0.3 is 12.4 Å². The Kier molecular flexibility index (Phi) is 13.3. The number of carbonyl (C=O) groups is 2. The van der Waals surface area contributed by atoms with Gasteiger partial charge in [0.15, 0.2) is 0 Å². The van der Waals surface area contributed by atoms with Crippen LogP contribution in [0.1, 0.15) is 105 Å². The number of ether oxygens (including phenoxy) is 1. The minimum Gasteiger partial charge on any atom is -0.384 e. The number of pyridine rings is 2. The highest BCUT2D eigenvalue weighted by molar-refractivity contribution is 5.80. The molecule has 2 aliphatic heterocycles. The molecule has 332 valence electrons. The van der Waals surface area contributed by atoms with Gasteiger partial charge in [-0.15, -0.1) is 0 Å². The molecule has 0 radical (unpaired) electrons. The van der Waals surface area contributed by atoms with E-state index < -0.39 is 29.4 Å². The summed E-state index contributed by atoms with van der Waals surface area (Å²) >= 11 is 0. The third-order valence-corrected chi connectivity index (χ3v) is 11.6. The highest BCUT2D eigenvalue weighted by Crippen LogP contribution is 2.52. The molecule has 19 heteroatoms. The lowest BCUT2D eigenvalue weighted by molar-refractivity contribution is -0.139. The summed E-state index contributed by atoms with van der Waals surface area (Å²) in [6, 6.07) is 7.03. The van der Waals surface area contributed by atoms with Gasteiger partial charge in [0.05, 0.1) is 35.0 Å². The molecule has 4 aromatic heterocycles. The Bertz CT molecular complexity index is 2240.